The Morgan fingerprint density at radius 2 is 1.44 bits per heavy atom. The molecule has 5 heteroatoms. The number of anilines is 1. The van der Waals surface area contributed by atoms with Crippen LogP contribution >= 0.6 is 0 Å². The summed E-state index contributed by atoms with van der Waals surface area (Å²) < 4.78 is 5.27. The molecule has 0 atom stereocenters. The van der Waals surface area contributed by atoms with Gasteiger partial charge in [-0.15, -0.1) is 0 Å². The third-order valence-corrected chi connectivity index (χ3v) is 4.70. The molecule has 0 aliphatic carbocycles. The van der Waals surface area contributed by atoms with E-state index in [1.807, 2.05) is 24.3 Å². The fraction of sp³-hybridized carbons (Fsp3) is 0.364. The van der Waals surface area contributed by atoms with Gasteiger partial charge in [0.25, 0.3) is 11.8 Å². The fourth-order valence-electron chi connectivity index (χ4n) is 2.97. The molecular weight excluding hydrogens is 340 g/mol. The van der Waals surface area contributed by atoms with Gasteiger partial charge in [-0.2, -0.15) is 0 Å². The summed E-state index contributed by atoms with van der Waals surface area (Å²) >= 11 is 0. The highest BCUT2D eigenvalue weighted by atomic mass is 16.5. The van der Waals surface area contributed by atoms with Crippen LogP contribution in [0.2, 0.25) is 0 Å². The van der Waals surface area contributed by atoms with Crippen molar-refractivity contribution in [1.82, 2.24) is 4.90 Å². The second-order valence-corrected chi connectivity index (χ2v) is 7.76. The third-order valence-electron chi connectivity index (χ3n) is 4.70. The summed E-state index contributed by atoms with van der Waals surface area (Å²) in [5, 5.41) is 2.90. The van der Waals surface area contributed by atoms with Gasteiger partial charge in [0.15, 0.2) is 0 Å². The van der Waals surface area contributed by atoms with Gasteiger partial charge in [-0.1, -0.05) is 32.9 Å². The normalized spacial score (nSPS) is 14.7. The molecular formula is C22H26N2O3. The van der Waals surface area contributed by atoms with Crippen molar-refractivity contribution >= 4 is 17.5 Å². The van der Waals surface area contributed by atoms with Crippen molar-refractivity contribution in [3.63, 3.8) is 0 Å². The highest BCUT2D eigenvalue weighted by molar-refractivity contribution is 6.05. The van der Waals surface area contributed by atoms with E-state index in [0.717, 1.165) is 5.69 Å². The molecule has 142 valence electrons. The first-order valence-electron chi connectivity index (χ1n) is 9.23. The quantitative estimate of drug-likeness (QED) is 0.901. The molecule has 2 aromatic carbocycles. The van der Waals surface area contributed by atoms with E-state index < -0.39 is 0 Å². The van der Waals surface area contributed by atoms with Crippen LogP contribution in [0, 0.1) is 0 Å². The lowest BCUT2D eigenvalue weighted by molar-refractivity contribution is 0.0303. The van der Waals surface area contributed by atoms with Crippen molar-refractivity contribution in [2.24, 2.45) is 0 Å². The van der Waals surface area contributed by atoms with Crippen molar-refractivity contribution in [2.45, 2.75) is 26.2 Å². The standard InChI is InChI=1S/C22H26N2O3/c1-22(2,3)18-8-10-19(11-9-18)23-20(25)16-4-6-17(7-5-16)21(26)24-12-14-27-15-13-24/h4-11H,12-15H2,1-3H3,(H,23,25). The maximum atomic E-state index is 12.5. The first-order valence-corrected chi connectivity index (χ1v) is 9.23. The Labute approximate surface area is 160 Å². The molecule has 0 aromatic heterocycles. The number of nitrogens with one attached hydrogen (secondary N) is 1. The molecule has 27 heavy (non-hydrogen) atoms. The van der Waals surface area contributed by atoms with Crippen molar-refractivity contribution in [3.8, 4) is 0 Å². The van der Waals surface area contributed by atoms with Gasteiger partial charge in [0.1, 0.15) is 0 Å². The maximum absolute atomic E-state index is 12.5. The van der Waals surface area contributed by atoms with Crippen LogP contribution in [-0.2, 0) is 10.2 Å². The van der Waals surface area contributed by atoms with Gasteiger partial charge in [-0.05, 0) is 47.4 Å². The van der Waals surface area contributed by atoms with Crippen molar-refractivity contribution in [2.75, 3.05) is 31.6 Å². The predicted octanol–water partition coefficient (Wildman–Crippen LogP) is 3.71. The van der Waals surface area contributed by atoms with E-state index in [1.165, 1.54) is 5.56 Å². The molecule has 2 amide bonds. The van der Waals surface area contributed by atoms with Crippen LogP contribution in [0.3, 0.4) is 0 Å². The monoisotopic (exact) mass is 366 g/mol. The average Bonchev–Trinajstić information content (AvgIpc) is 2.68. The number of ether oxygens (including phenoxy) is 1. The molecule has 1 fully saturated rings. The smallest absolute Gasteiger partial charge is 0.255 e. The van der Waals surface area contributed by atoms with Gasteiger partial charge in [0, 0.05) is 29.9 Å². The summed E-state index contributed by atoms with van der Waals surface area (Å²) in [6.07, 6.45) is 0. The summed E-state index contributed by atoms with van der Waals surface area (Å²) in [5.41, 5.74) is 3.15. The molecule has 0 bridgehead atoms. The van der Waals surface area contributed by atoms with Crippen LogP contribution in [-0.4, -0.2) is 43.0 Å². The number of carbonyl (C=O) groups is 2. The Balaban J connectivity index is 1.64. The number of benzene rings is 2. The van der Waals surface area contributed by atoms with Crippen LogP contribution in [0.25, 0.3) is 0 Å². The SMILES string of the molecule is CC(C)(C)c1ccc(NC(=O)c2ccc(C(=O)N3CCOCC3)cc2)cc1. The lowest BCUT2D eigenvalue weighted by atomic mass is 9.87. The van der Waals surface area contributed by atoms with Gasteiger partial charge >= 0.3 is 0 Å². The minimum Gasteiger partial charge on any atom is -0.378 e. The third kappa shape index (κ3) is 4.74. The van der Waals surface area contributed by atoms with Crippen molar-refractivity contribution < 1.29 is 14.3 Å². The lowest BCUT2D eigenvalue weighted by Crippen LogP contribution is -2.40. The number of hydrogen-bond acceptors (Lipinski definition) is 3. The Morgan fingerprint density at radius 1 is 0.889 bits per heavy atom. The second-order valence-electron chi connectivity index (χ2n) is 7.76. The second kappa shape index (κ2) is 7.92. The van der Waals surface area contributed by atoms with E-state index in [0.29, 0.717) is 37.4 Å². The minimum atomic E-state index is -0.191. The summed E-state index contributed by atoms with van der Waals surface area (Å²) in [6.45, 7) is 8.80. The van der Waals surface area contributed by atoms with E-state index in [4.69, 9.17) is 4.74 Å². The van der Waals surface area contributed by atoms with Crippen LogP contribution in [0.15, 0.2) is 48.5 Å². The molecule has 0 spiro atoms. The Kier molecular flexibility index (Phi) is 5.61. The van der Waals surface area contributed by atoms with Crippen LogP contribution in [0.4, 0.5) is 5.69 Å². The first-order chi connectivity index (χ1) is 12.8. The molecule has 2 aromatic rings. The molecule has 1 N–H and O–H groups in total. The molecule has 0 radical (unpaired) electrons. The molecule has 1 aliphatic heterocycles. The summed E-state index contributed by atoms with van der Waals surface area (Å²) in [4.78, 5) is 26.7. The lowest BCUT2D eigenvalue weighted by Gasteiger charge is -2.26. The Bertz CT molecular complexity index is 799. The number of hydrogen-bond donors (Lipinski definition) is 1. The van der Waals surface area contributed by atoms with Gasteiger partial charge in [0.2, 0.25) is 0 Å². The number of amides is 2. The first kappa shape index (κ1) is 19.1. The van der Waals surface area contributed by atoms with E-state index in [1.54, 1.807) is 29.2 Å². The predicted molar refractivity (Wildman–Crippen MR) is 106 cm³/mol. The summed E-state index contributed by atoms with van der Waals surface area (Å²) in [6, 6.07) is 14.7. The highest BCUT2D eigenvalue weighted by Gasteiger charge is 2.19. The molecule has 1 heterocycles. The van der Waals surface area contributed by atoms with E-state index >= 15 is 0 Å². The fourth-order valence-corrected chi connectivity index (χ4v) is 2.97. The van der Waals surface area contributed by atoms with Crippen LogP contribution in [0.5, 0.6) is 0 Å². The van der Waals surface area contributed by atoms with Gasteiger partial charge < -0.3 is 15.0 Å². The average molecular weight is 366 g/mol. The number of rotatable bonds is 3. The van der Waals surface area contributed by atoms with Crippen LogP contribution in [0.1, 0.15) is 47.1 Å². The Morgan fingerprint density at radius 3 is 2.00 bits per heavy atom. The maximum Gasteiger partial charge on any atom is 0.255 e. The van der Waals surface area contributed by atoms with E-state index in [9.17, 15) is 9.59 Å². The number of carbonyl (C=O) groups excluding carboxylic acids is 2. The molecule has 0 saturated carbocycles. The molecule has 1 saturated heterocycles. The number of morpholine rings is 1. The molecule has 1 aliphatic rings. The zero-order valence-electron chi connectivity index (χ0n) is 16.1. The van der Waals surface area contributed by atoms with Crippen LogP contribution < -0.4 is 5.32 Å². The van der Waals surface area contributed by atoms with Gasteiger partial charge in [-0.3, -0.25) is 9.59 Å². The summed E-state index contributed by atoms with van der Waals surface area (Å²) in [5.74, 6) is -0.216. The molecule has 5 nitrogen and oxygen atoms in total. The van der Waals surface area contributed by atoms with E-state index in [2.05, 4.69) is 26.1 Å². The topological polar surface area (TPSA) is 58.6 Å². The highest BCUT2D eigenvalue weighted by Crippen LogP contribution is 2.23. The summed E-state index contributed by atoms with van der Waals surface area (Å²) in [7, 11) is 0. The van der Waals surface area contributed by atoms with E-state index in [-0.39, 0.29) is 17.2 Å². The zero-order valence-corrected chi connectivity index (χ0v) is 16.1. The van der Waals surface area contributed by atoms with Gasteiger partial charge in [0.05, 0.1) is 13.2 Å². The van der Waals surface area contributed by atoms with Gasteiger partial charge in [-0.25, -0.2) is 0 Å². The van der Waals surface area contributed by atoms with Crippen molar-refractivity contribution in [1.29, 1.82) is 0 Å². The van der Waals surface area contributed by atoms with Crippen molar-refractivity contribution in [3.05, 3.63) is 65.2 Å². The molecule has 0 unspecified atom stereocenters. The number of nitrogens with zero attached hydrogens (tertiary/aromatic N) is 1. The largest absolute Gasteiger partial charge is 0.378 e. The zero-order chi connectivity index (χ0) is 19.4. The Hall–Kier alpha value is -2.66. The molecule has 3 rings (SSSR count). The minimum absolute atomic E-state index is 0.0250.